The lowest BCUT2D eigenvalue weighted by atomic mass is 11.6. The summed E-state index contributed by atoms with van der Waals surface area (Å²) in [6, 6.07) is 0. The fourth-order valence-electron chi connectivity index (χ4n) is 0. The zero-order chi connectivity index (χ0) is 6.28. The Kier molecular flexibility index (Phi) is 13.9. The van der Waals surface area contributed by atoms with E-state index < -0.39 is 4.70 Å². The summed E-state index contributed by atoms with van der Waals surface area (Å²) in [5.74, 6) is 0. The highest BCUT2D eigenvalue weighted by Gasteiger charge is 1.72. The quantitative estimate of drug-likeness (QED) is 0.486. The Balaban J connectivity index is 0. The maximum absolute atomic E-state index is 8.98. The second-order valence-corrected chi connectivity index (χ2v) is 1.51. The van der Waals surface area contributed by atoms with Gasteiger partial charge >= 0.3 is 4.70 Å². The first kappa shape index (κ1) is 10.2. The number of ether oxygens (including phenoxy) is 1. The Bertz CT molecular complexity index is 42.2. The van der Waals surface area contributed by atoms with Crippen LogP contribution in [0.3, 0.4) is 0 Å². The Hall–Kier alpha value is 0.210. The number of rotatable bonds is 0. The van der Waals surface area contributed by atoms with Crippen LogP contribution in [0.15, 0.2) is 0 Å². The molecule has 0 aliphatic rings. The molecule has 0 aliphatic carbocycles. The number of halogens is 2. The summed E-state index contributed by atoms with van der Waals surface area (Å²) in [6.45, 7) is 0. The summed E-state index contributed by atoms with van der Waals surface area (Å²) < 4.78 is 3.36. The third-order valence-electron chi connectivity index (χ3n) is 0. The summed E-state index contributed by atoms with van der Waals surface area (Å²) in [4.78, 5) is 8.98. The number of methoxy groups -OCH3 is 1. The van der Waals surface area contributed by atoms with E-state index in [-0.39, 0.29) is 0 Å². The summed E-state index contributed by atoms with van der Waals surface area (Å²) in [6.07, 6.45) is 0. The van der Waals surface area contributed by atoms with E-state index in [4.69, 9.17) is 4.79 Å². The largest absolute Gasteiger partial charge is 0.388 e. The van der Waals surface area contributed by atoms with Crippen molar-refractivity contribution in [1.29, 1.82) is 0 Å². The molecule has 4 heteroatoms. The van der Waals surface area contributed by atoms with E-state index in [1.54, 1.807) is 14.2 Å². The molecule has 0 spiro atoms. The molecule has 0 fully saturated rings. The Morgan fingerprint density at radius 2 is 1.43 bits per heavy atom. The van der Waals surface area contributed by atoms with Gasteiger partial charge in [0.1, 0.15) is 0 Å². The van der Waals surface area contributed by atoms with Crippen molar-refractivity contribution in [3.05, 3.63) is 0 Å². The van der Waals surface area contributed by atoms with Gasteiger partial charge in [-0.15, -0.1) is 0 Å². The minimum Gasteiger partial charge on any atom is -0.388 e. The van der Waals surface area contributed by atoms with Crippen LogP contribution in [0.2, 0.25) is 0 Å². The van der Waals surface area contributed by atoms with Crippen LogP contribution in [0.4, 0.5) is 4.79 Å². The molecule has 0 atom stereocenters. The van der Waals surface area contributed by atoms with Gasteiger partial charge in [0, 0.05) is 14.2 Å². The lowest BCUT2D eigenvalue weighted by Gasteiger charge is -1.61. The van der Waals surface area contributed by atoms with Gasteiger partial charge in [0.15, 0.2) is 0 Å². The maximum atomic E-state index is 8.98. The zero-order valence-corrected chi connectivity index (χ0v) is 5.58. The van der Waals surface area contributed by atoms with Gasteiger partial charge in [-0.1, -0.05) is 0 Å². The van der Waals surface area contributed by atoms with Gasteiger partial charge in [0.2, 0.25) is 0 Å². The number of carbonyl (C=O) groups excluding carboxylic acids is 1. The van der Waals surface area contributed by atoms with Gasteiger partial charge in [-0.3, -0.25) is 4.79 Å². The molecule has 0 saturated heterocycles. The number of carbonyl (C=O) groups is 1. The molecule has 44 valence electrons. The summed E-state index contributed by atoms with van der Waals surface area (Å²) >= 11 is 8.80. The molecule has 0 aromatic rings. The van der Waals surface area contributed by atoms with Gasteiger partial charge in [0.25, 0.3) is 0 Å². The smallest absolute Gasteiger partial charge is 0.313 e. The highest BCUT2D eigenvalue weighted by atomic mass is 35.5. The van der Waals surface area contributed by atoms with Crippen molar-refractivity contribution in [3.8, 4) is 0 Å². The van der Waals surface area contributed by atoms with Crippen molar-refractivity contribution >= 4 is 27.9 Å². The molecular formula is C3H6Cl2O2. The van der Waals surface area contributed by atoms with E-state index in [1.165, 1.54) is 0 Å². The molecule has 0 aromatic heterocycles. The first-order valence-corrected chi connectivity index (χ1v) is 2.15. The maximum Gasteiger partial charge on any atom is 0.313 e. The zero-order valence-electron chi connectivity index (χ0n) is 4.07. The first-order chi connectivity index (χ1) is 3.15. The lowest BCUT2D eigenvalue weighted by molar-refractivity contribution is 0.275. The van der Waals surface area contributed by atoms with Crippen molar-refractivity contribution in [2.45, 2.75) is 0 Å². The predicted octanol–water partition coefficient (Wildman–Crippen LogP) is 1.85. The van der Waals surface area contributed by atoms with Crippen LogP contribution < -0.4 is 0 Å². The second-order valence-electron chi connectivity index (χ2n) is 0.634. The summed E-state index contributed by atoms with van der Waals surface area (Å²) in [5, 5.41) is 0. The van der Waals surface area contributed by atoms with Crippen molar-refractivity contribution in [3.63, 3.8) is 0 Å². The van der Waals surface area contributed by atoms with Crippen LogP contribution in [0.5, 0.6) is 0 Å². The molecule has 0 N–H and O–H groups in total. The molecule has 0 saturated carbocycles. The monoisotopic (exact) mass is 144 g/mol. The van der Waals surface area contributed by atoms with Crippen LogP contribution in [-0.4, -0.2) is 18.9 Å². The normalized spacial score (nSPS) is 6.29. The third-order valence-corrected chi connectivity index (χ3v) is 0. The van der Waals surface area contributed by atoms with Gasteiger partial charge < -0.3 is 4.74 Å². The van der Waals surface area contributed by atoms with E-state index in [1.807, 2.05) is 0 Å². The molecule has 0 heterocycles. The van der Waals surface area contributed by atoms with Crippen molar-refractivity contribution in [2.75, 3.05) is 14.2 Å². The topological polar surface area (TPSA) is 26.3 Å². The van der Waals surface area contributed by atoms with Crippen LogP contribution in [0, 0.1) is 0 Å². The van der Waals surface area contributed by atoms with Crippen LogP contribution in [-0.2, 0) is 4.74 Å². The number of hydrogen-bond acceptors (Lipinski definition) is 2. The second kappa shape index (κ2) is 9.51. The van der Waals surface area contributed by atoms with Crippen LogP contribution >= 0.6 is 23.2 Å². The highest BCUT2D eigenvalue weighted by molar-refractivity contribution is 6.93. The molecular weight excluding hydrogens is 139 g/mol. The van der Waals surface area contributed by atoms with E-state index in [9.17, 15) is 0 Å². The van der Waals surface area contributed by atoms with Gasteiger partial charge in [0.05, 0.1) is 0 Å². The molecule has 0 rings (SSSR count). The highest BCUT2D eigenvalue weighted by Crippen LogP contribution is 1.84. The Morgan fingerprint density at radius 1 is 1.43 bits per heavy atom. The molecule has 2 nitrogen and oxygen atoms in total. The summed E-state index contributed by atoms with van der Waals surface area (Å²) in [7, 11) is 3.25. The van der Waals surface area contributed by atoms with Crippen molar-refractivity contribution in [2.24, 2.45) is 0 Å². The fraction of sp³-hybridized carbons (Fsp3) is 0.667. The molecule has 0 amide bonds. The van der Waals surface area contributed by atoms with Crippen molar-refractivity contribution in [1.82, 2.24) is 0 Å². The standard InChI is InChI=1S/C2H6O.CCl2O/c1-3-2;2-1(3)4/h1-2H3;. The first-order valence-electron chi connectivity index (χ1n) is 1.40. The van der Waals surface area contributed by atoms with E-state index >= 15 is 0 Å². The summed E-state index contributed by atoms with van der Waals surface area (Å²) in [5.41, 5.74) is 0. The van der Waals surface area contributed by atoms with E-state index in [2.05, 4.69) is 27.9 Å². The minimum absolute atomic E-state index is 0.889. The molecule has 0 aliphatic heterocycles. The van der Waals surface area contributed by atoms with Crippen LogP contribution in [0.1, 0.15) is 0 Å². The average molecular weight is 145 g/mol. The predicted molar refractivity (Wildman–Crippen MR) is 30.0 cm³/mol. The molecule has 0 radical (unpaired) electrons. The van der Waals surface area contributed by atoms with Gasteiger partial charge in [-0.2, -0.15) is 0 Å². The molecule has 7 heavy (non-hydrogen) atoms. The van der Waals surface area contributed by atoms with E-state index in [0.29, 0.717) is 0 Å². The van der Waals surface area contributed by atoms with Crippen molar-refractivity contribution < 1.29 is 9.53 Å². The fourth-order valence-corrected chi connectivity index (χ4v) is 0. The SMILES string of the molecule is COC.O=C(Cl)Cl. The third kappa shape index (κ3) is 2500. The lowest BCUT2D eigenvalue weighted by Crippen LogP contribution is -1.55. The van der Waals surface area contributed by atoms with E-state index in [0.717, 1.165) is 0 Å². The molecule has 0 bridgehead atoms. The van der Waals surface area contributed by atoms with Gasteiger partial charge in [-0.25, -0.2) is 0 Å². The average Bonchev–Trinajstić information content (AvgIpc) is 1.33. The van der Waals surface area contributed by atoms with Crippen LogP contribution in [0.25, 0.3) is 0 Å². The van der Waals surface area contributed by atoms with Gasteiger partial charge in [-0.05, 0) is 23.2 Å². The Labute approximate surface area is 52.4 Å². The minimum atomic E-state index is -0.889. The number of hydrogen-bond donors (Lipinski definition) is 0. The Morgan fingerprint density at radius 3 is 1.43 bits per heavy atom. The molecule has 0 unspecified atom stereocenters. The molecule has 0 aromatic carbocycles.